The summed E-state index contributed by atoms with van der Waals surface area (Å²) in [6.45, 7) is 2.29. The molecule has 0 aliphatic carbocycles. The van der Waals surface area contributed by atoms with Crippen molar-refractivity contribution in [1.82, 2.24) is 19.1 Å². The van der Waals surface area contributed by atoms with Crippen LogP contribution in [0.1, 0.15) is 41.1 Å². The molecule has 3 N–H and O–H groups in total. The SMILES string of the molecule is Cc1cc(C(N)=O)c(F)cc1Nc1ncc2c(n1)n(C1CCOCC1)c(=O)n2C(F)C(F)F. The average Bonchev–Trinajstić information content (AvgIpc) is 3.06. The van der Waals surface area contributed by atoms with Crippen molar-refractivity contribution in [2.24, 2.45) is 5.73 Å². The molecule has 9 nitrogen and oxygen atoms in total. The van der Waals surface area contributed by atoms with E-state index in [9.17, 15) is 27.2 Å². The Kier molecular flexibility index (Phi) is 6.06. The molecule has 0 saturated carbocycles. The second kappa shape index (κ2) is 8.81. The number of halogens is 4. The third kappa shape index (κ3) is 4.15. The van der Waals surface area contributed by atoms with Crippen LogP contribution in [0.5, 0.6) is 0 Å². The summed E-state index contributed by atoms with van der Waals surface area (Å²) in [6.07, 6.45) is -4.42. The lowest BCUT2D eigenvalue weighted by Crippen LogP contribution is -2.33. The molecule has 2 aromatic heterocycles. The molecule has 1 saturated heterocycles. The Morgan fingerprint density at radius 1 is 1.27 bits per heavy atom. The fourth-order valence-electron chi connectivity index (χ4n) is 3.83. The van der Waals surface area contributed by atoms with Crippen LogP contribution in [0.4, 0.5) is 29.2 Å². The number of imidazole rings is 1. The molecular weight excluding hydrogens is 448 g/mol. The van der Waals surface area contributed by atoms with Crippen LogP contribution < -0.4 is 16.7 Å². The zero-order chi connectivity index (χ0) is 23.9. The van der Waals surface area contributed by atoms with Crippen LogP contribution in [0.2, 0.25) is 0 Å². The molecule has 13 heteroatoms. The second-order valence-electron chi connectivity index (χ2n) is 7.61. The van der Waals surface area contributed by atoms with Crippen LogP contribution in [0.25, 0.3) is 11.2 Å². The number of nitrogens with two attached hydrogens (primary N) is 1. The Labute approximate surface area is 184 Å². The van der Waals surface area contributed by atoms with Gasteiger partial charge < -0.3 is 15.8 Å². The van der Waals surface area contributed by atoms with E-state index in [1.54, 1.807) is 6.92 Å². The molecule has 0 bridgehead atoms. The van der Waals surface area contributed by atoms with Gasteiger partial charge >= 0.3 is 5.69 Å². The van der Waals surface area contributed by atoms with Gasteiger partial charge in [0.15, 0.2) is 5.65 Å². The number of hydrogen-bond acceptors (Lipinski definition) is 6. The van der Waals surface area contributed by atoms with Gasteiger partial charge in [0.1, 0.15) is 11.3 Å². The van der Waals surface area contributed by atoms with Crippen molar-refractivity contribution in [3.05, 3.63) is 45.8 Å². The zero-order valence-electron chi connectivity index (χ0n) is 17.4. The molecule has 33 heavy (non-hydrogen) atoms. The fourth-order valence-corrected chi connectivity index (χ4v) is 3.83. The van der Waals surface area contributed by atoms with Gasteiger partial charge in [0.2, 0.25) is 12.2 Å². The number of benzene rings is 1. The van der Waals surface area contributed by atoms with E-state index in [2.05, 4.69) is 15.3 Å². The van der Waals surface area contributed by atoms with Crippen LogP contribution in [-0.4, -0.2) is 44.6 Å². The van der Waals surface area contributed by atoms with Gasteiger partial charge in [-0.3, -0.25) is 13.9 Å². The van der Waals surface area contributed by atoms with Crippen molar-refractivity contribution in [2.45, 2.75) is 38.5 Å². The molecular formula is C20H20F4N6O3. The molecule has 1 aromatic carbocycles. The monoisotopic (exact) mass is 468 g/mol. The lowest BCUT2D eigenvalue weighted by molar-refractivity contribution is 0.00736. The van der Waals surface area contributed by atoms with Gasteiger partial charge in [-0.15, -0.1) is 0 Å². The summed E-state index contributed by atoms with van der Waals surface area (Å²) in [6, 6.07) is 1.86. The Hall–Kier alpha value is -3.48. The lowest BCUT2D eigenvalue weighted by atomic mass is 10.1. The summed E-state index contributed by atoms with van der Waals surface area (Å²) in [5.74, 6) is -1.87. The Bertz CT molecular complexity index is 1270. The standard InChI is InChI=1S/C20H20F4N6O3/c1-9-6-11(17(25)31)12(21)7-13(9)27-19-26-8-14-18(28-19)29(10-2-4-33-5-3-10)20(32)30(14)16(24)15(22)23/h6-8,10,15-16H,2-5H2,1H3,(H2,25,31)(H,26,27,28). The number of aryl methyl sites for hydroxylation is 1. The van der Waals surface area contributed by atoms with Crippen molar-refractivity contribution >= 4 is 28.7 Å². The summed E-state index contributed by atoms with van der Waals surface area (Å²) in [5, 5.41) is 2.78. The van der Waals surface area contributed by atoms with E-state index < -0.39 is 36.2 Å². The number of carbonyl (C=O) groups excluding carboxylic acids is 1. The normalized spacial score (nSPS) is 15.8. The van der Waals surface area contributed by atoms with Gasteiger partial charge in [0.05, 0.1) is 11.8 Å². The van der Waals surface area contributed by atoms with E-state index in [1.165, 1.54) is 10.6 Å². The minimum Gasteiger partial charge on any atom is -0.381 e. The maximum Gasteiger partial charge on any atom is 0.333 e. The third-order valence-corrected chi connectivity index (χ3v) is 5.49. The van der Waals surface area contributed by atoms with Crippen molar-refractivity contribution in [3.63, 3.8) is 0 Å². The number of nitrogens with zero attached hydrogens (tertiary/aromatic N) is 4. The number of ether oxygens (including phenoxy) is 1. The third-order valence-electron chi connectivity index (χ3n) is 5.49. The second-order valence-corrected chi connectivity index (χ2v) is 7.61. The molecule has 1 aliphatic heterocycles. The topological polar surface area (TPSA) is 117 Å². The van der Waals surface area contributed by atoms with E-state index in [0.29, 0.717) is 36.2 Å². The van der Waals surface area contributed by atoms with Crippen LogP contribution in [0.3, 0.4) is 0 Å². The summed E-state index contributed by atoms with van der Waals surface area (Å²) in [4.78, 5) is 32.5. The molecule has 1 amide bonds. The number of primary amides is 1. The van der Waals surface area contributed by atoms with Gasteiger partial charge in [-0.1, -0.05) is 0 Å². The molecule has 4 rings (SSSR count). The first-order valence-electron chi connectivity index (χ1n) is 10.1. The Balaban J connectivity index is 1.82. The summed E-state index contributed by atoms with van der Waals surface area (Å²) >= 11 is 0. The van der Waals surface area contributed by atoms with Crippen LogP contribution in [-0.2, 0) is 4.74 Å². The fraction of sp³-hybridized carbons (Fsp3) is 0.400. The van der Waals surface area contributed by atoms with E-state index in [0.717, 1.165) is 12.3 Å². The minimum absolute atomic E-state index is 0.0421. The van der Waals surface area contributed by atoms with Gasteiger partial charge in [0, 0.05) is 24.9 Å². The highest BCUT2D eigenvalue weighted by Crippen LogP contribution is 2.29. The van der Waals surface area contributed by atoms with Gasteiger partial charge in [0.25, 0.3) is 12.3 Å². The quantitative estimate of drug-likeness (QED) is 0.538. The minimum atomic E-state index is -3.43. The molecule has 1 unspecified atom stereocenters. The number of carbonyl (C=O) groups is 1. The van der Waals surface area contributed by atoms with Crippen molar-refractivity contribution in [3.8, 4) is 0 Å². The predicted octanol–water partition coefficient (Wildman–Crippen LogP) is 2.97. The Morgan fingerprint density at radius 3 is 2.61 bits per heavy atom. The smallest absolute Gasteiger partial charge is 0.333 e. The van der Waals surface area contributed by atoms with Gasteiger partial charge in [-0.2, -0.15) is 4.98 Å². The van der Waals surface area contributed by atoms with Crippen molar-refractivity contribution in [2.75, 3.05) is 18.5 Å². The van der Waals surface area contributed by atoms with Crippen molar-refractivity contribution in [1.29, 1.82) is 0 Å². The number of amides is 1. The molecule has 0 radical (unpaired) electrons. The molecule has 1 atom stereocenters. The van der Waals surface area contributed by atoms with E-state index >= 15 is 0 Å². The van der Waals surface area contributed by atoms with Gasteiger partial charge in [-0.05, 0) is 37.5 Å². The highest BCUT2D eigenvalue weighted by molar-refractivity contribution is 5.94. The molecule has 1 aliphatic rings. The number of anilines is 2. The molecule has 176 valence electrons. The molecule has 3 heterocycles. The Morgan fingerprint density at radius 2 is 1.97 bits per heavy atom. The first-order chi connectivity index (χ1) is 15.7. The number of fused-ring (bicyclic) bond motifs is 1. The molecule has 0 spiro atoms. The summed E-state index contributed by atoms with van der Waals surface area (Å²) in [7, 11) is 0. The van der Waals surface area contributed by atoms with Crippen molar-refractivity contribution < 1.29 is 27.1 Å². The lowest BCUT2D eigenvalue weighted by Gasteiger charge is -2.23. The number of nitrogens with one attached hydrogen (secondary N) is 1. The maximum atomic E-state index is 14.3. The summed E-state index contributed by atoms with van der Waals surface area (Å²) in [5.41, 5.74) is 4.32. The molecule has 1 fully saturated rings. The van der Waals surface area contributed by atoms with E-state index in [-0.39, 0.29) is 28.4 Å². The van der Waals surface area contributed by atoms with E-state index in [4.69, 9.17) is 10.5 Å². The van der Waals surface area contributed by atoms with Gasteiger partial charge in [-0.25, -0.2) is 27.3 Å². The highest BCUT2D eigenvalue weighted by atomic mass is 19.3. The van der Waals surface area contributed by atoms with Crippen LogP contribution in [0, 0.1) is 12.7 Å². The number of rotatable bonds is 6. The average molecular weight is 468 g/mol. The first kappa shape index (κ1) is 22.7. The van der Waals surface area contributed by atoms with Crippen LogP contribution >= 0.6 is 0 Å². The number of alkyl halides is 3. The zero-order valence-corrected chi connectivity index (χ0v) is 17.4. The predicted molar refractivity (Wildman–Crippen MR) is 110 cm³/mol. The largest absolute Gasteiger partial charge is 0.381 e. The highest BCUT2D eigenvalue weighted by Gasteiger charge is 2.31. The van der Waals surface area contributed by atoms with Crippen LogP contribution in [0.15, 0.2) is 23.1 Å². The summed E-state index contributed by atoms with van der Waals surface area (Å²) < 4.78 is 61.6. The van der Waals surface area contributed by atoms with E-state index in [1.807, 2.05) is 0 Å². The molecule has 3 aromatic rings. The number of aromatic nitrogens is 4. The first-order valence-corrected chi connectivity index (χ1v) is 10.1. The number of hydrogen-bond donors (Lipinski definition) is 2. The maximum absolute atomic E-state index is 14.3.